The Morgan fingerprint density at radius 2 is 0.608 bits per heavy atom. The fourth-order valence-corrected chi connectivity index (χ4v) is 18.5. The van der Waals surface area contributed by atoms with Gasteiger partial charge in [0.15, 0.2) is 4.90 Å². The van der Waals surface area contributed by atoms with Crippen LogP contribution in [0.3, 0.4) is 0 Å². The minimum absolute atomic E-state index is 0.104. The van der Waals surface area contributed by atoms with Crippen LogP contribution in [0.15, 0.2) is 299 Å². The van der Waals surface area contributed by atoms with E-state index in [4.69, 9.17) is 4.74 Å². The lowest BCUT2D eigenvalue weighted by atomic mass is 9.99. The Kier molecular flexibility index (Phi) is 35.7. The summed E-state index contributed by atoms with van der Waals surface area (Å²) in [5.41, 5.74) is 10.5. The third kappa shape index (κ3) is 28.6. The van der Waals surface area contributed by atoms with E-state index in [1.807, 2.05) is 72.8 Å². The van der Waals surface area contributed by atoms with Crippen molar-refractivity contribution in [3.05, 3.63) is 374 Å². The maximum absolute atomic E-state index is 13.9. The van der Waals surface area contributed by atoms with Gasteiger partial charge in [0.2, 0.25) is 0 Å². The van der Waals surface area contributed by atoms with E-state index in [0.717, 1.165) is 95.3 Å². The summed E-state index contributed by atoms with van der Waals surface area (Å²) in [6.07, 6.45) is 12.1. The number of hydrogen-bond donors (Lipinski definition) is 8. The standard InChI is InChI=1S/C26H29NO5S.C26H29NO4S.C23H22FNO4S.C22H19F2NO4S/c1-2-3-19-32-22-15-17-23(18-16-22)33(30,31)27-25-14-7-5-10-21(25)12-8-11-20-9-4-6-13-24(20)26(28)29;1-2-3-9-20-16-18-23(19-17-20)32(30,31)27-25-15-7-5-11-22(25)13-8-12-21-10-4-6-14-24(21)26(28)29;1-16-13-14-19(24)15-22(16)30(28,29)25-21-12-5-3-8-18(21)10-6-9-17-7-2-4-11-20(17)23(26)27;23-18-12-6-13-19(24)21(18)30(28,29)25-20-14-4-2-8-16(20)10-5-9-15-7-1-3-11-17(15)22(26)27/h4-7,9-10,13-18,27H,2-3,8,11-12,19H2,1H3,(H,28,29);4-7,10-11,14-19,27H,2-3,8-9,12-13H2,1H3,(H,28,29);2-5,7-8,11-15,25H,6,9-10H2,1H3,(H,26,27);1-4,6-8,11-14,25H,5,9-10H2,(H,26,27). The van der Waals surface area contributed by atoms with E-state index in [0.29, 0.717) is 134 Å². The molecule has 0 saturated carbocycles. The molecule has 0 heterocycles. The predicted molar refractivity (Wildman–Crippen MR) is 480 cm³/mol. The van der Waals surface area contributed by atoms with Gasteiger partial charge in [0.1, 0.15) is 23.2 Å². The fourth-order valence-electron chi connectivity index (χ4n) is 13.7. The third-order valence-corrected chi connectivity index (χ3v) is 25.9. The number of rotatable bonds is 39. The summed E-state index contributed by atoms with van der Waals surface area (Å²) in [4.78, 5) is 44.7. The minimum Gasteiger partial charge on any atom is -0.494 e. The third-order valence-electron chi connectivity index (χ3n) is 20.2. The first-order valence-electron chi connectivity index (χ1n) is 40.6. The molecule has 654 valence electrons. The zero-order valence-electron chi connectivity index (χ0n) is 69.1. The van der Waals surface area contributed by atoms with Gasteiger partial charge in [0.25, 0.3) is 40.1 Å². The van der Waals surface area contributed by atoms with E-state index in [2.05, 4.69) is 32.7 Å². The molecule has 0 amide bonds. The molecule has 12 aromatic carbocycles. The second kappa shape index (κ2) is 46.6. The Labute approximate surface area is 728 Å². The van der Waals surface area contributed by atoms with Crippen molar-refractivity contribution in [1.29, 1.82) is 0 Å². The average Bonchev–Trinajstić information content (AvgIpc) is 0.840. The lowest BCUT2D eigenvalue weighted by molar-refractivity contribution is 0.0684. The lowest BCUT2D eigenvalue weighted by Gasteiger charge is -2.14. The smallest absolute Gasteiger partial charge is 0.335 e. The molecule has 0 aromatic heterocycles. The second-order valence-electron chi connectivity index (χ2n) is 29.2. The van der Waals surface area contributed by atoms with Crippen LogP contribution in [0.5, 0.6) is 5.75 Å². The molecule has 12 rings (SSSR count). The monoisotopic (exact) mass is 1780 g/mol. The van der Waals surface area contributed by atoms with E-state index in [1.54, 1.807) is 153 Å². The number of ether oxygens (including phenoxy) is 1. The Morgan fingerprint density at radius 3 is 0.944 bits per heavy atom. The highest BCUT2D eigenvalue weighted by Gasteiger charge is 2.27. The molecule has 8 N–H and O–H groups in total. The van der Waals surface area contributed by atoms with Crippen LogP contribution >= 0.6 is 0 Å². The van der Waals surface area contributed by atoms with E-state index < -0.39 is 86.3 Å². The molecule has 0 fully saturated rings. The van der Waals surface area contributed by atoms with Crippen LogP contribution < -0.4 is 23.6 Å². The maximum atomic E-state index is 13.9. The van der Waals surface area contributed by atoms with E-state index in [1.165, 1.54) is 36.4 Å². The summed E-state index contributed by atoms with van der Waals surface area (Å²) in [5, 5.41) is 37.3. The highest BCUT2D eigenvalue weighted by atomic mass is 32.2. The van der Waals surface area contributed by atoms with Crippen molar-refractivity contribution in [2.75, 3.05) is 25.5 Å². The summed E-state index contributed by atoms with van der Waals surface area (Å²) >= 11 is 0. The Morgan fingerprint density at radius 1 is 0.312 bits per heavy atom. The number of unbranched alkanes of at least 4 members (excludes halogenated alkanes) is 2. The molecule has 0 spiro atoms. The Balaban J connectivity index is 0.000000189. The Bertz CT molecular complexity index is 6160. The summed E-state index contributed by atoms with van der Waals surface area (Å²) in [6, 6.07) is 75.5. The van der Waals surface area contributed by atoms with Crippen LogP contribution in [0.1, 0.15) is 162 Å². The number of para-hydroxylation sites is 4. The van der Waals surface area contributed by atoms with Crippen LogP contribution in [0, 0.1) is 24.4 Å². The van der Waals surface area contributed by atoms with Gasteiger partial charge in [0.05, 0.1) is 66.3 Å². The number of carbonyl (C=O) groups is 4. The zero-order valence-corrected chi connectivity index (χ0v) is 72.4. The van der Waals surface area contributed by atoms with E-state index in [9.17, 15) is 86.4 Å². The summed E-state index contributed by atoms with van der Waals surface area (Å²) in [6.45, 7) is 6.42. The van der Waals surface area contributed by atoms with Crippen molar-refractivity contribution >= 4 is 86.7 Å². The molecule has 0 saturated heterocycles. The highest BCUT2D eigenvalue weighted by Crippen LogP contribution is 2.31. The van der Waals surface area contributed by atoms with Crippen LogP contribution in [0.2, 0.25) is 0 Å². The number of carboxylic acid groups (broad SMARTS) is 4. The lowest BCUT2D eigenvalue weighted by Crippen LogP contribution is -2.17. The normalized spacial score (nSPS) is 11.2. The Hall–Kier alpha value is -12.9. The molecule has 0 aliphatic rings. The zero-order chi connectivity index (χ0) is 90.1. The van der Waals surface area contributed by atoms with Crippen LogP contribution in [-0.2, 0) is 97.9 Å². The molecular weight excluding hydrogens is 1680 g/mol. The van der Waals surface area contributed by atoms with Gasteiger partial charge >= 0.3 is 23.9 Å². The molecule has 0 aliphatic carbocycles. The number of aryl methyl sites for hydroxylation is 10. The van der Waals surface area contributed by atoms with Crippen molar-refractivity contribution in [1.82, 2.24) is 0 Å². The number of hydrogen-bond acceptors (Lipinski definition) is 13. The van der Waals surface area contributed by atoms with Gasteiger partial charge in [-0.15, -0.1) is 0 Å². The van der Waals surface area contributed by atoms with Crippen molar-refractivity contribution in [3.8, 4) is 5.75 Å². The number of benzene rings is 12. The summed E-state index contributed by atoms with van der Waals surface area (Å²) < 4.78 is 160. The van der Waals surface area contributed by atoms with Gasteiger partial charge in [-0.3, -0.25) is 18.9 Å². The number of halogens is 3. The first-order chi connectivity index (χ1) is 59.9. The number of anilines is 4. The van der Waals surface area contributed by atoms with Crippen LogP contribution in [0.4, 0.5) is 35.9 Å². The number of carboxylic acids is 4. The van der Waals surface area contributed by atoms with Crippen LogP contribution in [0.25, 0.3) is 0 Å². The van der Waals surface area contributed by atoms with Crippen LogP contribution in [-0.4, -0.2) is 84.6 Å². The molecular formula is C97H99F3N4O17S4. The van der Waals surface area contributed by atoms with Gasteiger partial charge in [-0.05, 0) is 268 Å². The quantitative estimate of drug-likeness (QED) is 0.0166. The summed E-state index contributed by atoms with van der Waals surface area (Å²) in [5.74, 6) is -6.18. The van der Waals surface area contributed by atoms with Crippen molar-refractivity contribution in [3.63, 3.8) is 0 Å². The van der Waals surface area contributed by atoms with Crippen molar-refractivity contribution in [2.45, 2.75) is 150 Å². The molecule has 0 aliphatic heterocycles. The van der Waals surface area contributed by atoms with Crippen molar-refractivity contribution < 1.29 is 91.2 Å². The van der Waals surface area contributed by atoms with E-state index >= 15 is 0 Å². The van der Waals surface area contributed by atoms with Crippen molar-refractivity contribution in [2.24, 2.45) is 0 Å². The maximum Gasteiger partial charge on any atom is 0.335 e. The molecule has 0 bridgehead atoms. The van der Waals surface area contributed by atoms with Gasteiger partial charge in [0, 0.05) is 0 Å². The van der Waals surface area contributed by atoms with Gasteiger partial charge in [-0.1, -0.05) is 197 Å². The highest BCUT2D eigenvalue weighted by molar-refractivity contribution is 7.93. The number of aromatic carboxylic acids is 4. The van der Waals surface area contributed by atoms with Gasteiger partial charge < -0.3 is 25.2 Å². The minimum atomic E-state index is -4.47. The molecule has 12 aromatic rings. The topological polar surface area (TPSA) is 343 Å². The first-order valence-corrected chi connectivity index (χ1v) is 46.5. The molecule has 0 radical (unpaired) electrons. The molecule has 28 heteroatoms. The molecule has 21 nitrogen and oxygen atoms in total. The SMILES string of the molecule is CCCCOc1ccc(S(=O)(=O)Nc2ccccc2CCCc2ccccc2C(=O)O)cc1.CCCCc1ccc(S(=O)(=O)Nc2ccccc2CCCc2ccccc2C(=O)O)cc1.Cc1ccc(F)cc1S(=O)(=O)Nc1ccccc1CCCc1ccccc1C(=O)O.O=C(O)c1ccccc1CCCc1ccccc1NS(=O)(=O)c1c(F)cccc1F. The molecule has 0 unspecified atom stereocenters. The molecule has 125 heavy (non-hydrogen) atoms. The molecule has 0 atom stereocenters. The summed E-state index contributed by atoms with van der Waals surface area (Å²) in [7, 11) is -15.9. The largest absolute Gasteiger partial charge is 0.494 e. The van der Waals surface area contributed by atoms with E-state index in [-0.39, 0.29) is 31.5 Å². The number of sulfonamides is 4. The number of nitrogens with one attached hydrogen (secondary N) is 4. The van der Waals surface area contributed by atoms with Gasteiger partial charge in [-0.25, -0.2) is 66.0 Å². The average molecular weight is 1780 g/mol. The predicted octanol–water partition coefficient (Wildman–Crippen LogP) is 20.7. The first kappa shape index (κ1) is 95.9. The fraction of sp³-hybridized carbons (Fsp3) is 0.216. The second-order valence-corrected chi connectivity index (χ2v) is 35.8. The van der Waals surface area contributed by atoms with Gasteiger partial charge in [-0.2, -0.15) is 0 Å².